The minimum Gasteiger partial charge on any atom is -0.264 e. The maximum atomic E-state index is 13.0. The van der Waals surface area contributed by atoms with Crippen LogP contribution in [0.15, 0.2) is 116 Å². The van der Waals surface area contributed by atoms with Gasteiger partial charge in [0.05, 0.1) is 5.56 Å². The average molecular weight is 520 g/mol. The van der Waals surface area contributed by atoms with Crippen LogP contribution in [0.5, 0.6) is 0 Å². The highest BCUT2D eigenvalue weighted by Gasteiger charge is 2.30. The van der Waals surface area contributed by atoms with Crippen molar-refractivity contribution in [3.8, 4) is 0 Å². The second kappa shape index (κ2) is 10.5. The molecule has 4 heteroatoms. The van der Waals surface area contributed by atoms with Gasteiger partial charge in [0.25, 0.3) is 0 Å². The number of rotatable bonds is 2. The number of hydrogen-bond donors (Lipinski definition) is 0. The fraction of sp³-hybridized carbons (Fsp3) is 0.171. The van der Waals surface area contributed by atoms with Crippen molar-refractivity contribution in [3.05, 3.63) is 138 Å². The first-order valence-corrected chi connectivity index (χ1v) is 13.3. The van der Waals surface area contributed by atoms with Gasteiger partial charge in [0.2, 0.25) is 0 Å². The smallest absolute Gasteiger partial charge is 0.264 e. The first-order valence-electron chi connectivity index (χ1n) is 13.3. The molecule has 1 aromatic heterocycles. The summed E-state index contributed by atoms with van der Waals surface area (Å²) in [6.45, 7) is 0. The van der Waals surface area contributed by atoms with E-state index in [2.05, 4.69) is 65.6 Å². The summed E-state index contributed by atoms with van der Waals surface area (Å²) >= 11 is 0. The Morgan fingerprint density at radius 2 is 1.46 bits per heavy atom. The van der Waals surface area contributed by atoms with Crippen LogP contribution in [0.1, 0.15) is 28.7 Å². The van der Waals surface area contributed by atoms with Crippen molar-refractivity contribution in [1.82, 2.24) is 4.98 Å². The predicted molar refractivity (Wildman–Crippen MR) is 154 cm³/mol. The summed E-state index contributed by atoms with van der Waals surface area (Å²) in [6.07, 6.45) is 3.01. The number of alkyl halides is 3. The molecule has 39 heavy (non-hydrogen) atoms. The van der Waals surface area contributed by atoms with Crippen LogP contribution in [0.3, 0.4) is 0 Å². The topological polar surface area (TPSA) is 12.9 Å². The normalized spacial score (nSPS) is 15.1. The summed E-state index contributed by atoms with van der Waals surface area (Å²) in [5.41, 5.74) is 2.98. The van der Waals surface area contributed by atoms with E-state index in [-0.39, 0.29) is 0 Å². The molecule has 0 bridgehead atoms. The quantitative estimate of drug-likeness (QED) is 0.208. The van der Waals surface area contributed by atoms with Crippen LogP contribution in [0.2, 0.25) is 0 Å². The van der Waals surface area contributed by atoms with Gasteiger partial charge in [0, 0.05) is 12.4 Å². The number of benzene rings is 5. The summed E-state index contributed by atoms with van der Waals surface area (Å²) < 4.78 is 39.0. The summed E-state index contributed by atoms with van der Waals surface area (Å²) in [5, 5.41) is 7.58. The van der Waals surface area contributed by atoms with Crippen LogP contribution in [-0.4, -0.2) is 4.98 Å². The van der Waals surface area contributed by atoms with Crippen molar-refractivity contribution in [2.45, 2.75) is 31.9 Å². The molecule has 1 aliphatic rings. The molecule has 0 N–H and O–H groups in total. The van der Waals surface area contributed by atoms with Crippen LogP contribution in [-0.2, 0) is 25.4 Å². The molecule has 0 fully saturated rings. The third-order valence-electron chi connectivity index (χ3n) is 7.77. The molecule has 1 unspecified atom stereocenters. The van der Waals surface area contributed by atoms with Gasteiger partial charge >= 0.3 is 6.18 Å². The van der Waals surface area contributed by atoms with E-state index in [9.17, 15) is 13.2 Å². The van der Waals surface area contributed by atoms with Gasteiger partial charge < -0.3 is 0 Å². The molecular weight excluding hydrogens is 491 g/mol. The molecule has 1 aliphatic carbocycles. The number of hydrogen-bond acceptors (Lipinski definition) is 1. The highest BCUT2D eigenvalue weighted by atomic mass is 19.4. The van der Waals surface area contributed by atoms with E-state index >= 15 is 0 Å². The van der Waals surface area contributed by atoms with Crippen molar-refractivity contribution in [3.63, 3.8) is 0 Å². The Bertz CT molecular complexity index is 1700. The third kappa shape index (κ3) is 5.37. The van der Waals surface area contributed by atoms with Gasteiger partial charge in [0.1, 0.15) is 0 Å². The SMILES string of the molecule is FC(F)(F)c1cccc(CC2CCc3c(ccc4c3ccc3ccccc34)C2)c1.c1ccc2cnccc2c1. The van der Waals surface area contributed by atoms with E-state index in [0.29, 0.717) is 12.3 Å². The van der Waals surface area contributed by atoms with Crippen molar-refractivity contribution in [2.75, 3.05) is 0 Å². The summed E-state index contributed by atoms with van der Waals surface area (Å²) in [4.78, 5) is 4.01. The molecule has 5 aromatic carbocycles. The molecule has 7 rings (SSSR count). The highest BCUT2D eigenvalue weighted by molar-refractivity contribution is 6.08. The molecule has 0 radical (unpaired) electrons. The molecule has 1 heterocycles. The molecule has 0 saturated carbocycles. The van der Waals surface area contributed by atoms with Crippen LogP contribution >= 0.6 is 0 Å². The first kappa shape index (κ1) is 25.1. The predicted octanol–water partition coefficient (Wildman–Crippen LogP) is 9.59. The molecule has 0 saturated heterocycles. The van der Waals surface area contributed by atoms with E-state index in [0.717, 1.165) is 30.9 Å². The van der Waals surface area contributed by atoms with Gasteiger partial charge in [-0.1, -0.05) is 91.0 Å². The van der Waals surface area contributed by atoms with Crippen molar-refractivity contribution < 1.29 is 13.2 Å². The molecule has 194 valence electrons. The van der Waals surface area contributed by atoms with Crippen molar-refractivity contribution in [2.24, 2.45) is 5.92 Å². The Morgan fingerprint density at radius 3 is 2.28 bits per heavy atom. The second-order valence-electron chi connectivity index (χ2n) is 10.3. The second-order valence-corrected chi connectivity index (χ2v) is 10.3. The largest absolute Gasteiger partial charge is 0.416 e. The Kier molecular flexibility index (Phi) is 6.78. The fourth-order valence-electron chi connectivity index (χ4n) is 5.85. The number of aryl methyl sites for hydroxylation is 1. The van der Waals surface area contributed by atoms with E-state index in [1.165, 1.54) is 55.6 Å². The van der Waals surface area contributed by atoms with Gasteiger partial charge in [-0.15, -0.1) is 0 Å². The minimum absolute atomic E-state index is 0.379. The Hall–Kier alpha value is -4.18. The van der Waals surface area contributed by atoms with E-state index < -0.39 is 11.7 Å². The zero-order valence-corrected chi connectivity index (χ0v) is 21.5. The fourth-order valence-corrected chi connectivity index (χ4v) is 5.85. The molecule has 1 nitrogen and oxygen atoms in total. The highest BCUT2D eigenvalue weighted by Crippen LogP contribution is 2.36. The molecule has 0 spiro atoms. The average Bonchev–Trinajstić information content (AvgIpc) is 2.97. The van der Waals surface area contributed by atoms with Gasteiger partial charge in [-0.05, 0) is 92.7 Å². The lowest BCUT2D eigenvalue weighted by Crippen LogP contribution is -2.17. The first-order chi connectivity index (χ1) is 19.0. The molecule has 1 atom stereocenters. The number of aromatic nitrogens is 1. The molecular formula is C35H28F3N. The van der Waals surface area contributed by atoms with Crippen molar-refractivity contribution in [1.29, 1.82) is 0 Å². The Labute approximate surface area is 225 Å². The number of halogens is 3. The van der Waals surface area contributed by atoms with Crippen LogP contribution in [0.25, 0.3) is 32.3 Å². The number of nitrogens with zero attached hydrogens (tertiary/aromatic N) is 1. The number of fused-ring (bicyclic) bond motifs is 6. The maximum Gasteiger partial charge on any atom is 0.416 e. The van der Waals surface area contributed by atoms with E-state index in [4.69, 9.17) is 0 Å². The Morgan fingerprint density at radius 1 is 0.692 bits per heavy atom. The number of pyridine rings is 1. The minimum atomic E-state index is -4.28. The van der Waals surface area contributed by atoms with Crippen LogP contribution < -0.4 is 0 Å². The summed E-state index contributed by atoms with van der Waals surface area (Å²) in [7, 11) is 0. The van der Waals surface area contributed by atoms with Gasteiger partial charge in [0.15, 0.2) is 0 Å². The van der Waals surface area contributed by atoms with Crippen molar-refractivity contribution >= 4 is 32.3 Å². The summed E-state index contributed by atoms with van der Waals surface area (Å²) in [5.74, 6) is 0.379. The summed E-state index contributed by atoms with van der Waals surface area (Å²) in [6, 6.07) is 33.3. The molecule has 6 aromatic rings. The van der Waals surface area contributed by atoms with Crippen LogP contribution in [0.4, 0.5) is 13.2 Å². The molecule has 0 aliphatic heterocycles. The van der Waals surface area contributed by atoms with Crippen LogP contribution in [0, 0.1) is 5.92 Å². The standard InChI is InChI=1S/C26H21F3.C9H7N/c27-26(28,29)21-6-3-4-17(16-21)14-18-8-11-23-20(15-18)10-13-24-22-7-2-1-5-19(22)9-12-25(23)24;1-2-4-9-7-10-6-5-8(9)3-1/h1-7,9-10,12-13,16,18H,8,11,14-15H2;1-7H. The zero-order chi connectivity index (χ0) is 26.8. The van der Waals surface area contributed by atoms with E-state index in [1.54, 1.807) is 0 Å². The lowest BCUT2D eigenvalue weighted by Gasteiger charge is -2.26. The van der Waals surface area contributed by atoms with E-state index in [1.807, 2.05) is 36.7 Å². The van der Waals surface area contributed by atoms with Gasteiger partial charge in [-0.2, -0.15) is 13.2 Å². The maximum absolute atomic E-state index is 13.0. The van der Waals surface area contributed by atoms with Gasteiger partial charge in [-0.25, -0.2) is 0 Å². The van der Waals surface area contributed by atoms with Gasteiger partial charge in [-0.3, -0.25) is 4.98 Å². The third-order valence-corrected chi connectivity index (χ3v) is 7.77. The zero-order valence-electron chi connectivity index (χ0n) is 21.5. The lowest BCUT2D eigenvalue weighted by atomic mass is 9.78. The Balaban J connectivity index is 0.000000231. The monoisotopic (exact) mass is 519 g/mol. The molecule has 0 amide bonds. The lowest BCUT2D eigenvalue weighted by molar-refractivity contribution is -0.137.